The van der Waals surface area contributed by atoms with Crippen LogP contribution in [0.4, 0.5) is 0 Å². The number of amides is 1. The fraction of sp³-hybridized carbons (Fsp3) is 0.982. The average Bonchev–Trinajstić information content (AvgIpc) is 3.29. The molecule has 0 aliphatic carbocycles. The first-order valence-corrected chi connectivity index (χ1v) is 28.2. The third kappa shape index (κ3) is 35.3. The van der Waals surface area contributed by atoms with Gasteiger partial charge in [0.25, 0.3) is 0 Å². The summed E-state index contributed by atoms with van der Waals surface area (Å²) in [5.41, 5.74) is 0. The van der Waals surface area contributed by atoms with Crippen LogP contribution in [0.2, 0.25) is 0 Å². The van der Waals surface area contributed by atoms with Crippen LogP contribution in [0, 0.1) is 0 Å². The van der Waals surface area contributed by atoms with Gasteiger partial charge in [0, 0.05) is 6.42 Å². The number of aliphatic hydroxyl groups excluding tert-OH is 5. The number of hydrogen-bond donors (Lipinski definition) is 6. The zero-order valence-electron chi connectivity index (χ0n) is 42.3. The minimum atomic E-state index is -1.55. The molecule has 0 spiro atoms. The highest BCUT2D eigenvalue weighted by Gasteiger charge is 2.44. The van der Waals surface area contributed by atoms with Crippen molar-refractivity contribution in [3.8, 4) is 0 Å². The lowest BCUT2D eigenvalue weighted by molar-refractivity contribution is -0.302. The number of carbonyl (C=O) groups excluding carboxylic acids is 1. The number of unbranched alkanes of at least 4 members (excludes halogenated alkanes) is 39. The van der Waals surface area contributed by atoms with Gasteiger partial charge in [0.05, 0.1) is 25.4 Å². The minimum absolute atomic E-state index is 0.131. The van der Waals surface area contributed by atoms with Gasteiger partial charge in [0.2, 0.25) is 5.91 Å². The van der Waals surface area contributed by atoms with Crippen LogP contribution in [0.5, 0.6) is 0 Å². The second-order valence-electron chi connectivity index (χ2n) is 20.1. The maximum atomic E-state index is 13.1. The third-order valence-corrected chi connectivity index (χ3v) is 14.0. The van der Waals surface area contributed by atoms with Gasteiger partial charge in [0.1, 0.15) is 24.4 Å². The molecule has 0 aromatic heterocycles. The molecule has 0 saturated carbocycles. The van der Waals surface area contributed by atoms with Gasteiger partial charge >= 0.3 is 0 Å². The van der Waals surface area contributed by atoms with E-state index in [4.69, 9.17) is 9.47 Å². The molecule has 1 heterocycles. The fourth-order valence-corrected chi connectivity index (χ4v) is 9.46. The molecule has 9 heteroatoms. The second kappa shape index (κ2) is 45.9. The molecule has 0 aromatic rings. The van der Waals surface area contributed by atoms with Crippen molar-refractivity contribution >= 4 is 5.91 Å². The molecule has 1 rings (SSSR count). The summed E-state index contributed by atoms with van der Waals surface area (Å²) in [7, 11) is 0. The quantitative estimate of drug-likeness (QED) is 0.0331. The van der Waals surface area contributed by atoms with Gasteiger partial charge in [-0.25, -0.2) is 0 Å². The summed E-state index contributed by atoms with van der Waals surface area (Å²) in [6.45, 7) is 3.88. The molecule has 6 N–H and O–H groups in total. The molecule has 1 aliphatic rings. The van der Waals surface area contributed by atoms with Crippen LogP contribution in [0.3, 0.4) is 0 Å². The van der Waals surface area contributed by atoms with Crippen molar-refractivity contribution in [1.29, 1.82) is 0 Å². The maximum Gasteiger partial charge on any atom is 0.220 e. The highest BCUT2D eigenvalue weighted by atomic mass is 16.7. The molecular formula is C55H109NO8. The van der Waals surface area contributed by atoms with E-state index in [2.05, 4.69) is 19.2 Å². The second-order valence-corrected chi connectivity index (χ2v) is 20.1. The van der Waals surface area contributed by atoms with Gasteiger partial charge in [0.15, 0.2) is 6.29 Å². The smallest absolute Gasteiger partial charge is 0.220 e. The Morgan fingerprint density at radius 2 is 0.781 bits per heavy atom. The number of carbonyl (C=O) groups is 1. The van der Waals surface area contributed by atoms with Crippen LogP contribution >= 0.6 is 0 Å². The molecule has 0 radical (unpaired) electrons. The molecule has 382 valence electrons. The lowest BCUT2D eigenvalue weighted by Gasteiger charge is -2.40. The van der Waals surface area contributed by atoms with Gasteiger partial charge in [-0.2, -0.15) is 0 Å². The van der Waals surface area contributed by atoms with Gasteiger partial charge in [-0.05, 0) is 12.8 Å². The highest BCUT2D eigenvalue weighted by molar-refractivity contribution is 5.76. The van der Waals surface area contributed by atoms with Crippen molar-refractivity contribution < 1.29 is 39.8 Å². The van der Waals surface area contributed by atoms with Crippen molar-refractivity contribution in [2.75, 3.05) is 13.2 Å². The Morgan fingerprint density at radius 1 is 0.469 bits per heavy atom. The van der Waals surface area contributed by atoms with E-state index in [9.17, 15) is 30.3 Å². The molecule has 0 bridgehead atoms. The molecule has 1 fully saturated rings. The minimum Gasteiger partial charge on any atom is -0.394 e. The summed E-state index contributed by atoms with van der Waals surface area (Å²) in [6, 6.07) is -0.713. The monoisotopic (exact) mass is 912 g/mol. The molecule has 1 saturated heterocycles. The van der Waals surface area contributed by atoms with E-state index in [-0.39, 0.29) is 12.5 Å². The SMILES string of the molecule is CCCCCCCCCCCCCCCCCCCCCCCCCCC(=O)N[C@@H](CO[C@@H]1O[C@H](CO)[C@@H](O)C(O)C1O)[C@H](O)CCCCCCCCCCCCCCCCCCC. The predicted octanol–water partition coefficient (Wildman–Crippen LogP) is 13.5. The predicted molar refractivity (Wildman–Crippen MR) is 268 cm³/mol. The van der Waals surface area contributed by atoms with Crippen LogP contribution in [-0.2, 0) is 14.3 Å². The van der Waals surface area contributed by atoms with Crippen molar-refractivity contribution in [2.24, 2.45) is 0 Å². The average molecular weight is 912 g/mol. The summed E-state index contributed by atoms with van der Waals surface area (Å²) in [4.78, 5) is 13.1. The molecule has 0 aromatic carbocycles. The van der Waals surface area contributed by atoms with E-state index in [1.807, 2.05) is 0 Å². The number of ether oxygens (including phenoxy) is 2. The van der Waals surface area contributed by atoms with Gasteiger partial charge < -0.3 is 40.3 Å². The first kappa shape index (κ1) is 61.2. The topological polar surface area (TPSA) is 149 Å². The molecule has 64 heavy (non-hydrogen) atoms. The van der Waals surface area contributed by atoms with Crippen LogP contribution in [0.1, 0.15) is 290 Å². The Hall–Kier alpha value is -0.810. The Bertz CT molecular complexity index is 970. The van der Waals surface area contributed by atoms with E-state index in [0.717, 1.165) is 38.5 Å². The normalized spacial score (nSPS) is 19.9. The number of hydrogen-bond acceptors (Lipinski definition) is 8. The summed E-state index contributed by atoms with van der Waals surface area (Å²) in [5, 5.41) is 54.6. The summed E-state index contributed by atoms with van der Waals surface area (Å²) >= 11 is 0. The van der Waals surface area contributed by atoms with Crippen LogP contribution in [0.25, 0.3) is 0 Å². The first-order valence-electron chi connectivity index (χ1n) is 28.2. The lowest BCUT2D eigenvalue weighted by atomic mass is 9.99. The molecule has 1 aliphatic heterocycles. The third-order valence-electron chi connectivity index (χ3n) is 14.0. The number of nitrogens with one attached hydrogen (secondary N) is 1. The Kier molecular flexibility index (Phi) is 43.9. The fourth-order valence-electron chi connectivity index (χ4n) is 9.46. The van der Waals surface area contributed by atoms with Crippen LogP contribution < -0.4 is 5.32 Å². The van der Waals surface area contributed by atoms with E-state index < -0.39 is 49.5 Å². The van der Waals surface area contributed by atoms with Crippen molar-refractivity contribution in [3.63, 3.8) is 0 Å². The maximum absolute atomic E-state index is 13.1. The summed E-state index contributed by atoms with van der Waals surface area (Å²) in [5.74, 6) is -0.136. The van der Waals surface area contributed by atoms with Crippen LogP contribution in [0.15, 0.2) is 0 Å². The Balaban J connectivity index is 2.19. The van der Waals surface area contributed by atoms with Gasteiger partial charge in [-0.15, -0.1) is 0 Å². The number of rotatable bonds is 49. The van der Waals surface area contributed by atoms with Crippen LogP contribution in [-0.4, -0.2) is 87.5 Å². The van der Waals surface area contributed by atoms with Crippen molar-refractivity contribution in [2.45, 2.75) is 333 Å². The van der Waals surface area contributed by atoms with E-state index in [1.165, 1.54) is 225 Å². The van der Waals surface area contributed by atoms with Gasteiger partial charge in [-0.1, -0.05) is 271 Å². The van der Waals surface area contributed by atoms with E-state index in [0.29, 0.717) is 12.8 Å². The zero-order valence-corrected chi connectivity index (χ0v) is 42.3. The standard InChI is InChI=1S/C55H109NO8/c1-3-5-7-9-11-13-15-17-19-21-22-23-24-25-26-27-29-31-33-35-37-39-41-43-45-51(59)56-48(47-63-55-54(62)53(61)52(60)50(46-57)64-55)49(58)44-42-40-38-36-34-32-30-28-20-18-16-14-12-10-8-6-4-2/h48-50,52-55,57-58,60-62H,3-47H2,1-2H3,(H,56,59)/t48-,49+,50+,52+,53?,54?,55+/m0/s1. The molecular weight excluding hydrogens is 803 g/mol. The summed E-state index contributed by atoms with van der Waals surface area (Å²) in [6.07, 6.45) is 47.0. The molecule has 9 nitrogen and oxygen atoms in total. The van der Waals surface area contributed by atoms with E-state index in [1.54, 1.807) is 0 Å². The Labute approximate surface area is 395 Å². The highest BCUT2D eigenvalue weighted by Crippen LogP contribution is 2.23. The van der Waals surface area contributed by atoms with Crippen molar-refractivity contribution in [3.05, 3.63) is 0 Å². The molecule has 7 atom stereocenters. The zero-order chi connectivity index (χ0) is 46.6. The Morgan fingerprint density at radius 3 is 1.11 bits per heavy atom. The molecule has 1 amide bonds. The first-order chi connectivity index (χ1) is 31.3. The summed E-state index contributed by atoms with van der Waals surface area (Å²) < 4.78 is 11.3. The lowest BCUT2D eigenvalue weighted by Crippen LogP contribution is -2.60. The molecule has 2 unspecified atom stereocenters. The van der Waals surface area contributed by atoms with Crippen molar-refractivity contribution in [1.82, 2.24) is 5.32 Å². The van der Waals surface area contributed by atoms with E-state index >= 15 is 0 Å². The van der Waals surface area contributed by atoms with Gasteiger partial charge in [-0.3, -0.25) is 4.79 Å². The largest absolute Gasteiger partial charge is 0.394 e. The number of aliphatic hydroxyl groups is 5.